The molecule has 13 heteroatoms. The molecule has 0 aliphatic carbocycles. The lowest BCUT2D eigenvalue weighted by atomic mass is 10.0. The third-order valence-electron chi connectivity index (χ3n) is 8.20. The van der Waals surface area contributed by atoms with Gasteiger partial charge >= 0.3 is 6.09 Å². The molecule has 2 aromatic carbocycles. The average molecular weight is 725 g/mol. The number of nitrogens with one attached hydrogen (secondary N) is 1. The van der Waals surface area contributed by atoms with E-state index in [1.165, 1.54) is 10.1 Å². The number of rotatable bonds is 13. The lowest BCUT2D eigenvalue weighted by Crippen LogP contribution is -2.33. The lowest BCUT2D eigenvalue weighted by Gasteiger charge is -2.19. The standard InChI is InChI=1S/C38H48N8O3SSi/c1-38(2,3)49-37(47)39-14-11-15-45-23-30(34-31(45)22-40-36(43-34)41-24-44(4)5)27-18-28-21-42-46(25-48-16-17-51(6,7)8)35(28)29(19-27)33-20-26-12-9-10-13-32(26)50-33/h9-10,12-13,18-24H,11,14-17,25H2,1-8H3,(H,39,47)/b41-24+. The zero-order chi connectivity index (χ0) is 36.3. The van der Waals surface area contributed by atoms with E-state index in [9.17, 15) is 4.79 Å². The molecule has 0 saturated heterocycles. The fourth-order valence-corrected chi connectivity index (χ4v) is 7.60. The number of carbonyl (C=O) groups is 1. The molecule has 0 saturated carbocycles. The van der Waals surface area contributed by atoms with Crippen LogP contribution in [0.15, 0.2) is 66.0 Å². The van der Waals surface area contributed by atoms with Crippen molar-refractivity contribution in [1.29, 1.82) is 0 Å². The molecule has 1 N–H and O–H groups in total. The number of fused-ring (bicyclic) bond motifs is 3. The van der Waals surface area contributed by atoms with Crippen LogP contribution in [0.4, 0.5) is 10.7 Å². The highest BCUT2D eigenvalue weighted by atomic mass is 32.1. The highest BCUT2D eigenvalue weighted by molar-refractivity contribution is 7.22. The second-order valence-electron chi connectivity index (χ2n) is 15.2. The number of aliphatic imine (C=N–C) groups is 1. The van der Waals surface area contributed by atoms with Crippen molar-refractivity contribution in [2.45, 2.75) is 71.8 Å². The quantitative estimate of drug-likeness (QED) is 0.0549. The van der Waals surface area contributed by atoms with E-state index in [2.05, 4.69) is 88.2 Å². The van der Waals surface area contributed by atoms with Crippen molar-refractivity contribution in [2.75, 3.05) is 27.2 Å². The SMILES string of the molecule is CN(C)/C=N/c1ncc2c(n1)c(-c1cc(-c3cc4ccccc4s3)c3c(cnn3COCC[Si](C)(C)C)c1)cn2CCCNC(=O)OC(C)(C)C. The minimum Gasteiger partial charge on any atom is -0.444 e. The highest BCUT2D eigenvalue weighted by Gasteiger charge is 2.20. The fraction of sp³-hybridized carbons (Fsp3) is 0.395. The van der Waals surface area contributed by atoms with Crippen molar-refractivity contribution in [3.05, 3.63) is 61.1 Å². The third kappa shape index (κ3) is 9.02. The molecule has 1 amide bonds. The van der Waals surface area contributed by atoms with E-state index in [4.69, 9.17) is 19.6 Å². The van der Waals surface area contributed by atoms with Crippen molar-refractivity contribution < 1.29 is 14.3 Å². The normalized spacial score (nSPS) is 12.5. The molecule has 0 fully saturated rings. The third-order valence-corrected chi connectivity index (χ3v) is 11.1. The van der Waals surface area contributed by atoms with Crippen LogP contribution < -0.4 is 5.32 Å². The lowest BCUT2D eigenvalue weighted by molar-refractivity contribution is 0.0526. The van der Waals surface area contributed by atoms with Gasteiger partial charge in [-0.1, -0.05) is 37.8 Å². The van der Waals surface area contributed by atoms with Crippen LogP contribution >= 0.6 is 11.3 Å². The topological polar surface area (TPSA) is 112 Å². The summed E-state index contributed by atoms with van der Waals surface area (Å²) in [6.07, 6.45) is 7.87. The summed E-state index contributed by atoms with van der Waals surface area (Å²) in [6, 6.07) is 16.3. The number of thiophene rings is 1. The first-order valence-electron chi connectivity index (χ1n) is 17.3. The molecule has 0 radical (unpaired) electrons. The van der Waals surface area contributed by atoms with Crippen molar-refractivity contribution in [1.82, 2.24) is 34.5 Å². The van der Waals surface area contributed by atoms with Gasteiger partial charge in [-0.2, -0.15) is 5.10 Å². The van der Waals surface area contributed by atoms with Crippen molar-refractivity contribution >= 4 is 69.8 Å². The van der Waals surface area contributed by atoms with Gasteiger partial charge in [-0.05, 0) is 68.5 Å². The summed E-state index contributed by atoms with van der Waals surface area (Å²) >= 11 is 1.78. The van der Waals surface area contributed by atoms with Gasteiger partial charge in [0.05, 0.1) is 29.8 Å². The molecule has 0 spiro atoms. The molecular formula is C38H48N8O3SSi. The highest BCUT2D eigenvalue weighted by Crippen LogP contribution is 2.41. The van der Waals surface area contributed by atoms with Gasteiger partial charge in [-0.25, -0.2) is 24.4 Å². The molecule has 6 aromatic rings. The van der Waals surface area contributed by atoms with Gasteiger partial charge in [-0.15, -0.1) is 11.3 Å². The maximum absolute atomic E-state index is 12.3. The predicted octanol–water partition coefficient (Wildman–Crippen LogP) is 8.78. The Bertz CT molecular complexity index is 2160. The van der Waals surface area contributed by atoms with Crippen LogP contribution in [0.25, 0.3) is 53.6 Å². The van der Waals surface area contributed by atoms with Crippen LogP contribution in [0.3, 0.4) is 0 Å². The zero-order valence-corrected chi connectivity index (χ0v) is 32.7. The molecular weight excluding hydrogens is 677 g/mol. The number of benzene rings is 2. The largest absolute Gasteiger partial charge is 0.444 e. The Morgan fingerprint density at radius 3 is 2.63 bits per heavy atom. The molecule has 0 unspecified atom stereocenters. The molecule has 6 rings (SSSR count). The van der Waals surface area contributed by atoms with E-state index in [1.54, 1.807) is 17.7 Å². The number of hydrogen-bond acceptors (Lipinski definition) is 8. The molecule has 268 valence electrons. The van der Waals surface area contributed by atoms with Gasteiger partial charge in [0, 0.05) is 74.2 Å². The fourth-order valence-electron chi connectivity index (χ4n) is 5.76. The van der Waals surface area contributed by atoms with Gasteiger partial charge in [-0.3, -0.25) is 0 Å². The molecule has 0 aliphatic rings. The number of amides is 1. The van der Waals surface area contributed by atoms with Crippen LogP contribution in [-0.2, 0) is 22.7 Å². The summed E-state index contributed by atoms with van der Waals surface area (Å²) in [6.45, 7) is 14.9. The molecule has 11 nitrogen and oxygen atoms in total. The van der Waals surface area contributed by atoms with Crippen molar-refractivity contribution in [3.63, 3.8) is 0 Å². The summed E-state index contributed by atoms with van der Waals surface area (Å²) < 4.78 is 17.0. The first kappa shape index (κ1) is 36.2. The predicted molar refractivity (Wildman–Crippen MR) is 212 cm³/mol. The molecule has 0 bridgehead atoms. The number of alkyl carbamates (subject to hydrolysis) is 1. The van der Waals surface area contributed by atoms with Crippen LogP contribution in [-0.4, -0.2) is 82.6 Å². The first-order valence-corrected chi connectivity index (χ1v) is 21.9. The minimum absolute atomic E-state index is 0.385. The van der Waals surface area contributed by atoms with Crippen LogP contribution in [0.5, 0.6) is 0 Å². The smallest absolute Gasteiger partial charge is 0.407 e. The van der Waals surface area contributed by atoms with E-state index < -0.39 is 19.8 Å². The average Bonchev–Trinajstić information content (AvgIpc) is 3.77. The Kier molecular flexibility index (Phi) is 10.6. The maximum Gasteiger partial charge on any atom is 0.407 e. The second-order valence-corrected chi connectivity index (χ2v) is 21.9. The van der Waals surface area contributed by atoms with E-state index >= 15 is 0 Å². The second kappa shape index (κ2) is 14.9. The molecule has 51 heavy (non-hydrogen) atoms. The Hall–Kier alpha value is -4.59. The summed E-state index contributed by atoms with van der Waals surface area (Å²) in [7, 11) is 2.61. The van der Waals surface area contributed by atoms with Gasteiger partial charge in [0.1, 0.15) is 17.8 Å². The maximum atomic E-state index is 12.3. The summed E-state index contributed by atoms with van der Waals surface area (Å²) in [4.78, 5) is 29.3. The van der Waals surface area contributed by atoms with E-state index in [0.717, 1.165) is 56.2 Å². The number of ether oxygens (including phenoxy) is 2. The van der Waals surface area contributed by atoms with E-state index in [0.29, 0.717) is 32.2 Å². The van der Waals surface area contributed by atoms with Gasteiger partial charge in [0.25, 0.3) is 5.95 Å². The van der Waals surface area contributed by atoms with E-state index in [1.807, 2.05) is 56.8 Å². The minimum atomic E-state index is -1.22. The van der Waals surface area contributed by atoms with Gasteiger partial charge in [0.15, 0.2) is 0 Å². The zero-order valence-electron chi connectivity index (χ0n) is 30.9. The van der Waals surface area contributed by atoms with Crippen LogP contribution in [0.2, 0.25) is 25.7 Å². The number of carbonyl (C=O) groups excluding carboxylic acids is 1. The Morgan fingerprint density at radius 1 is 1.08 bits per heavy atom. The summed E-state index contributed by atoms with van der Waals surface area (Å²) in [5.41, 5.74) is 5.27. The Balaban J connectivity index is 1.41. The summed E-state index contributed by atoms with van der Waals surface area (Å²) in [5.74, 6) is 0.385. The molecule has 4 heterocycles. The number of aromatic nitrogens is 5. The molecule has 0 aliphatic heterocycles. The summed E-state index contributed by atoms with van der Waals surface area (Å²) in [5, 5.41) is 9.93. The van der Waals surface area contributed by atoms with Gasteiger partial charge < -0.3 is 24.3 Å². The van der Waals surface area contributed by atoms with Crippen molar-refractivity contribution in [3.8, 4) is 21.6 Å². The molecule has 4 aromatic heterocycles. The van der Waals surface area contributed by atoms with Crippen molar-refractivity contribution in [2.24, 2.45) is 4.99 Å². The monoisotopic (exact) mass is 724 g/mol. The number of aryl methyl sites for hydroxylation is 1. The Labute approximate surface area is 304 Å². The number of hydrogen-bond donors (Lipinski definition) is 1. The first-order chi connectivity index (χ1) is 24.2. The van der Waals surface area contributed by atoms with E-state index in [-0.39, 0.29) is 0 Å². The van der Waals surface area contributed by atoms with Crippen LogP contribution in [0.1, 0.15) is 27.2 Å². The molecule has 0 atom stereocenters. The van der Waals surface area contributed by atoms with Gasteiger partial charge in [0.2, 0.25) is 0 Å². The van der Waals surface area contributed by atoms with Crippen LogP contribution in [0, 0.1) is 0 Å². The number of nitrogens with zero attached hydrogens (tertiary/aromatic N) is 7. The Morgan fingerprint density at radius 2 is 1.88 bits per heavy atom.